The molecule has 3 N–H and O–H groups in total. The summed E-state index contributed by atoms with van der Waals surface area (Å²) in [6.07, 6.45) is 6.13. The maximum absolute atomic E-state index is 13.3. The summed E-state index contributed by atoms with van der Waals surface area (Å²) in [7, 11) is 1.85. The zero-order valence-corrected chi connectivity index (χ0v) is 26.5. The van der Waals surface area contributed by atoms with Crippen LogP contribution >= 0.6 is 11.3 Å². The van der Waals surface area contributed by atoms with Crippen molar-refractivity contribution >= 4 is 57.5 Å². The lowest BCUT2D eigenvalue weighted by Crippen LogP contribution is -2.72. The molecule has 0 spiro atoms. The number of hydrogen-bond acceptors (Lipinski definition) is 12. The van der Waals surface area contributed by atoms with Gasteiger partial charge >= 0.3 is 5.97 Å². The van der Waals surface area contributed by atoms with Crippen LogP contribution < -0.4 is 25.6 Å². The SMILES string of the molecule is C[n+]1cccc(N2CCC(=CC3=C(C(=O)[O-])N4C(=O)[C@@H](NC(=O)/C(=N\OCC(=O)OC(C)(C)C)c5csc(N)n5)[C@H]4CC3)C2=O)c1. The number of pyridine rings is 1. The fourth-order valence-electron chi connectivity index (χ4n) is 5.49. The standard InChI is InChI=1S/C30H33N7O8S/c1-30(2,3)45-21(38)14-44-34-22(19-15-46-29(31)32-19)25(39)33-23-20-8-7-16(24(28(42)43)37(20)27(23)41)12-17-9-11-36(26(17)40)18-6-5-10-35(4)13-18/h5-6,10,12-13,15,20,23H,7-9,11,14H2,1-4H3,(H3-,31,32,33,39,42,43)/b17-12?,34-22-/t20-,23+/m1/s1. The Labute approximate surface area is 267 Å². The Hall–Kier alpha value is -5.12. The number of allylic oxidation sites excluding steroid dienone is 2. The van der Waals surface area contributed by atoms with E-state index in [1.165, 1.54) is 11.5 Å². The zero-order chi connectivity index (χ0) is 33.3. The van der Waals surface area contributed by atoms with E-state index >= 15 is 0 Å². The molecule has 0 unspecified atom stereocenters. The number of esters is 1. The molecule has 3 aliphatic heterocycles. The minimum Gasteiger partial charge on any atom is -0.543 e. The van der Waals surface area contributed by atoms with E-state index in [2.05, 4.69) is 15.5 Å². The average molecular weight is 652 g/mol. The van der Waals surface area contributed by atoms with Crippen LogP contribution in [0.25, 0.3) is 0 Å². The van der Waals surface area contributed by atoms with Crippen LogP contribution in [0.4, 0.5) is 10.8 Å². The number of nitrogen functional groups attached to an aromatic ring is 1. The van der Waals surface area contributed by atoms with Gasteiger partial charge in [-0.05, 0) is 57.7 Å². The number of nitrogens with one attached hydrogen (secondary N) is 1. The van der Waals surface area contributed by atoms with E-state index in [4.69, 9.17) is 15.3 Å². The molecule has 2 saturated heterocycles. The lowest BCUT2D eigenvalue weighted by molar-refractivity contribution is -0.670. The molecule has 5 heterocycles. The van der Waals surface area contributed by atoms with Crippen molar-refractivity contribution in [3.05, 3.63) is 58.5 Å². The first-order valence-electron chi connectivity index (χ1n) is 14.4. The number of carbonyl (C=O) groups excluding carboxylic acids is 5. The van der Waals surface area contributed by atoms with Gasteiger partial charge in [0.25, 0.3) is 17.7 Å². The molecule has 46 heavy (non-hydrogen) atoms. The van der Waals surface area contributed by atoms with Gasteiger partial charge in [0.05, 0.1) is 17.7 Å². The maximum atomic E-state index is 13.3. The van der Waals surface area contributed by atoms with E-state index in [1.807, 2.05) is 36.1 Å². The molecule has 2 aromatic rings. The van der Waals surface area contributed by atoms with Crippen molar-refractivity contribution in [1.82, 2.24) is 15.2 Å². The van der Waals surface area contributed by atoms with Crippen molar-refractivity contribution in [3.8, 4) is 0 Å². The summed E-state index contributed by atoms with van der Waals surface area (Å²) in [6, 6.07) is 1.88. The first-order valence-corrected chi connectivity index (χ1v) is 15.3. The summed E-state index contributed by atoms with van der Waals surface area (Å²) in [6.45, 7) is 4.89. The number of aromatic nitrogens is 2. The highest BCUT2D eigenvalue weighted by Gasteiger charge is 2.52. The maximum Gasteiger partial charge on any atom is 0.347 e. The van der Waals surface area contributed by atoms with Crippen LogP contribution in [0.1, 0.15) is 45.7 Å². The molecule has 0 bridgehead atoms. The molecule has 0 saturated carbocycles. The summed E-state index contributed by atoms with van der Waals surface area (Å²) in [5.41, 5.74) is 5.79. The van der Waals surface area contributed by atoms with Crippen LogP contribution in [0.2, 0.25) is 0 Å². The molecule has 0 radical (unpaired) electrons. The number of hydrogen-bond donors (Lipinski definition) is 2. The summed E-state index contributed by atoms with van der Waals surface area (Å²) < 4.78 is 6.99. The second-order valence-corrected chi connectivity index (χ2v) is 12.8. The van der Waals surface area contributed by atoms with Gasteiger partial charge in [-0.25, -0.2) is 14.3 Å². The number of fused-ring (bicyclic) bond motifs is 1. The molecule has 15 nitrogen and oxygen atoms in total. The second kappa shape index (κ2) is 12.7. The molecule has 2 fully saturated rings. The smallest absolute Gasteiger partial charge is 0.347 e. The molecule has 242 valence electrons. The summed E-state index contributed by atoms with van der Waals surface area (Å²) in [4.78, 5) is 76.0. The van der Waals surface area contributed by atoms with Gasteiger partial charge in [-0.15, -0.1) is 11.3 Å². The van der Waals surface area contributed by atoms with E-state index in [9.17, 15) is 29.1 Å². The number of β-lactam (4-membered cyclic amide) rings is 1. The van der Waals surface area contributed by atoms with E-state index in [-0.39, 0.29) is 34.6 Å². The van der Waals surface area contributed by atoms with Crippen molar-refractivity contribution in [2.24, 2.45) is 12.2 Å². The van der Waals surface area contributed by atoms with Crippen molar-refractivity contribution in [3.63, 3.8) is 0 Å². The zero-order valence-electron chi connectivity index (χ0n) is 25.6. The fraction of sp³-hybridized carbons (Fsp3) is 0.400. The van der Waals surface area contributed by atoms with E-state index in [0.717, 1.165) is 16.2 Å². The summed E-state index contributed by atoms with van der Waals surface area (Å²) in [5.74, 6) is -4.04. The number of nitrogens with two attached hydrogens (primary N) is 1. The predicted octanol–water partition coefficient (Wildman–Crippen LogP) is -0.531. The number of ether oxygens (including phenoxy) is 1. The normalized spacial score (nSPS) is 20.9. The lowest BCUT2D eigenvalue weighted by atomic mass is 9.82. The number of nitrogens with zero attached hydrogens (tertiary/aromatic N) is 5. The number of anilines is 2. The largest absolute Gasteiger partial charge is 0.543 e. The molecular weight excluding hydrogens is 618 g/mol. The van der Waals surface area contributed by atoms with Crippen LogP contribution in [0.15, 0.2) is 58.0 Å². The van der Waals surface area contributed by atoms with Crippen LogP contribution in [0.5, 0.6) is 0 Å². The summed E-state index contributed by atoms with van der Waals surface area (Å²) in [5, 5.41) is 20.3. The second-order valence-electron chi connectivity index (χ2n) is 11.9. The van der Waals surface area contributed by atoms with Gasteiger partial charge < -0.3 is 40.3 Å². The first kappa shape index (κ1) is 32.3. The molecule has 2 atom stereocenters. The van der Waals surface area contributed by atoms with Gasteiger partial charge in [0, 0.05) is 23.6 Å². The van der Waals surface area contributed by atoms with Gasteiger partial charge in [0.1, 0.15) is 30.1 Å². The van der Waals surface area contributed by atoms with Gasteiger partial charge in [-0.2, -0.15) is 0 Å². The molecule has 5 rings (SSSR count). The molecule has 2 aromatic heterocycles. The summed E-state index contributed by atoms with van der Waals surface area (Å²) >= 11 is 1.04. The Bertz CT molecular complexity index is 1710. The van der Waals surface area contributed by atoms with Crippen molar-refractivity contribution in [2.45, 2.75) is 57.7 Å². The molecule has 0 aliphatic carbocycles. The molecule has 3 amide bonds. The van der Waals surface area contributed by atoms with E-state index < -0.39 is 48.0 Å². The number of thiazole rings is 1. The highest BCUT2D eigenvalue weighted by Crippen LogP contribution is 2.38. The number of carboxylic acids is 1. The van der Waals surface area contributed by atoms with Gasteiger partial charge in [-0.1, -0.05) is 5.16 Å². The van der Waals surface area contributed by atoms with E-state index in [0.29, 0.717) is 36.2 Å². The highest BCUT2D eigenvalue weighted by molar-refractivity contribution is 7.13. The number of carbonyl (C=O) groups is 5. The Balaban J connectivity index is 1.31. The third kappa shape index (κ3) is 6.75. The van der Waals surface area contributed by atoms with Crippen LogP contribution in [-0.2, 0) is 40.6 Å². The van der Waals surface area contributed by atoms with Crippen LogP contribution in [0, 0.1) is 0 Å². The third-order valence-corrected chi connectivity index (χ3v) is 8.07. The Kier molecular flexibility index (Phi) is 8.92. The topological polar surface area (TPSA) is 201 Å². The van der Waals surface area contributed by atoms with Crippen molar-refractivity contribution in [2.75, 3.05) is 23.8 Å². The average Bonchev–Trinajstić information content (AvgIpc) is 3.57. The Morgan fingerprint density at radius 3 is 2.70 bits per heavy atom. The lowest BCUT2D eigenvalue weighted by Gasteiger charge is -2.51. The predicted molar refractivity (Wildman–Crippen MR) is 161 cm³/mol. The third-order valence-electron chi connectivity index (χ3n) is 7.40. The number of rotatable bonds is 9. The number of oxime groups is 1. The van der Waals surface area contributed by atoms with Gasteiger partial charge in [0.2, 0.25) is 6.61 Å². The van der Waals surface area contributed by atoms with Crippen LogP contribution in [-0.4, -0.2) is 76.1 Å². The molecule has 16 heteroatoms. The van der Waals surface area contributed by atoms with Crippen LogP contribution in [0.3, 0.4) is 0 Å². The molecule has 3 aliphatic rings. The number of amides is 3. The number of aliphatic carboxylic acids is 1. The minimum atomic E-state index is -1.57. The molecule has 0 aromatic carbocycles. The minimum absolute atomic E-state index is 0.0558. The Morgan fingerprint density at radius 1 is 1.28 bits per heavy atom. The highest BCUT2D eigenvalue weighted by atomic mass is 32.1. The Morgan fingerprint density at radius 2 is 2.04 bits per heavy atom. The van der Waals surface area contributed by atoms with Crippen molar-refractivity contribution < 1.29 is 43.2 Å². The molecular formula is C30H33N7O8S. The number of aryl methyl sites for hydroxylation is 1. The monoisotopic (exact) mass is 651 g/mol. The van der Waals surface area contributed by atoms with E-state index in [1.54, 1.807) is 25.7 Å². The van der Waals surface area contributed by atoms with Gasteiger partial charge in [0.15, 0.2) is 23.2 Å². The quantitative estimate of drug-likeness (QED) is 0.0887. The van der Waals surface area contributed by atoms with Crippen molar-refractivity contribution in [1.29, 1.82) is 0 Å². The first-order chi connectivity index (χ1) is 21.7. The van der Waals surface area contributed by atoms with Gasteiger partial charge in [-0.3, -0.25) is 14.4 Å². The number of carboxylic acid groups (broad SMARTS) is 1. The fourth-order valence-corrected chi connectivity index (χ4v) is 6.04.